The maximum absolute atomic E-state index is 12.3. The molecule has 1 aromatic heterocycles. The van der Waals surface area contributed by atoms with E-state index in [-0.39, 0.29) is 11.8 Å². The van der Waals surface area contributed by atoms with Gasteiger partial charge in [0, 0.05) is 18.7 Å². The van der Waals surface area contributed by atoms with Gasteiger partial charge in [0.25, 0.3) is 5.91 Å². The van der Waals surface area contributed by atoms with Crippen molar-refractivity contribution in [2.24, 2.45) is 16.9 Å². The Balaban J connectivity index is 1.83. The van der Waals surface area contributed by atoms with Gasteiger partial charge in [-0.3, -0.25) is 9.59 Å². The van der Waals surface area contributed by atoms with Gasteiger partial charge < -0.3 is 9.84 Å². The molecular weight excluding hydrogens is 308 g/mol. The standard InChI is InChI=1S/C17H26N4O3/c1-10(2)9-21-17(23)15(12(4)19-21)16(22)18-8-6-7-14-11(3)20-24-13(14)5/h10,15H,6-9H2,1-5H3,(H,18,22)/t15-/m0/s1. The summed E-state index contributed by atoms with van der Waals surface area (Å²) in [5.41, 5.74) is 2.53. The Morgan fingerprint density at radius 1 is 1.33 bits per heavy atom. The highest BCUT2D eigenvalue weighted by Crippen LogP contribution is 2.18. The van der Waals surface area contributed by atoms with Crippen LogP contribution in [0.15, 0.2) is 9.62 Å². The molecule has 2 rings (SSSR count). The lowest BCUT2D eigenvalue weighted by molar-refractivity contribution is -0.137. The fourth-order valence-corrected chi connectivity index (χ4v) is 2.84. The van der Waals surface area contributed by atoms with Gasteiger partial charge in [0.2, 0.25) is 5.91 Å². The first kappa shape index (κ1) is 18.2. The lowest BCUT2D eigenvalue weighted by atomic mass is 10.0. The van der Waals surface area contributed by atoms with Gasteiger partial charge in [-0.05, 0) is 39.5 Å². The molecule has 2 amide bonds. The number of nitrogens with one attached hydrogen (secondary N) is 1. The number of carbonyl (C=O) groups is 2. The van der Waals surface area contributed by atoms with Crippen molar-refractivity contribution in [3.8, 4) is 0 Å². The molecule has 1 atom stereocenters. The number of rotatable bonds is 7. The third-order valence-corrected chi connectivity index (χ3v) is 4.08. The minimum absolute atomic E-state index is 0.232. The van der Waals surface area contributed by atoms with E-state index in [9.17, 15) is 9.59 Å². The second-order valence-electron chi connectivity index (χ2n) is 6.69. The molecule has 1 N–H and O–H groups in total. The SMILES string of the molecule is CC1=NN(CC(C)C)C(=O)[C@@H]1C(=O)NCCCc1c(C)noc1C. The molecule has 0 saturated carbocycles. The van der Waals surface area contributed by atoms with Crippen LogP contribution in [0.4, 0.5) is 0 Å². The van der Waals surface area contributed by atoms with Gasteiger partial charge in [-0.15, -0.1) is 0 Å². The van der Waals surface area contributed by atoms with Crippen LogP contribution in [-0.4, -0.2) is 40.8 Å². The number of aryl methyl sites for hydroxylation is 2. The third-order valence-electron chi connectivity index (χ3n) is 4.08. The fraction of sp³-hybridized carbons (Fsp3) is 0.647. The highest BCUT2D eigenvalue weighted by atomic mass is 16.5. The van der Waals surface area contributed by atoms with E-state index in [0.29, 0.717) is 24.7 Å². The molecule has 1 aliphatic rings. The number of aromatic nitrogens is 1. The van der Waals surface area contributed by atoms with Crippen LogP contribution < -0.4 is 5.32 Å². The highest BCUT2D eigenvalue weighted by Gasteiger charge is 2.38. The first-order chi connectivity index (χ1) is 11.3. The van der Waals surface area contributed by atoms with Crippen molar-refractivity contribution in [1.82, 2.24) is 15.5 Å². The smallest absolute Gasteiger partial charge is 0.261 e. The largest absolute Gasteiger partial charge is 0.361 e. The molecule has 0 unspecified atom stereocenters. The average molecular weight is 334 g/mol. The Morgan fingerprint density at radius 2 is 2.04 bits per heavy atom. The van der Waals surface area contributed by atoms with Crippen molar-refractivity contribution in [3.05, 3.63) is 17.0 Å². The van der Waals surface area contributed by atoms with Crippen LogP contribution in [0.25, 0.3) is 0 Å². The van der Waals surface area contributed by atoms with Gasteiger partial charge in [0.15, 0.2) is 5.92 Å². The normalized spacial score (nSPS) is 17.6. The Labute approximate surface area is 142 Å². The average Bonchev–Trinajstić information content (AvgIpc) is 2.95. The van der Waals surface area contributed by atoms with Crippen molar-refractivity contribution in [3.63, 3.8) is 0 Å². The first-order valence-corrected chi connectivity index (χ1v) is 8.37. The zero-order valence-electron chi connectivity index (χ0n) is 15.0. The fourth-order valence-electron chi connectivity index (χ4n) is 2.84. The van der Waals surface area contributed by atoms with Crippen molar-refractivity contribution < 1.29 is 14.1 Å². The second kappa shape index (κ2) is 7.59. The predicted molar refractivity (Wildman–Crippen MR) is 90.5 cm³/mol. The van der Waals surface area contributed by atoms with Crippen LogP contribution in [0.1, 0.15) is 44.2 Å². The van der Waals surface area contributed by atoms with E-state index in [4.69, 9.17) is 4.52 Å². The Kier molecular flexibility index (Phi) is 5.75. The summed E-state index contributed by atoms with van der Waals surface area (Å²) >= 11 is 0. The molecule has 24 heavy (non-hydrogen) atoms. The summed E-state index contributed by atoms with van der Waals surface area (Å²) in [6.45, 7) is 10.6. The summed E-state index contributed by atoms with van der Waals surface area (Å²) in [4.78, 5) is 24.7. The summed E-state index contributed by atoms with van der Waals surface area (Å²) in [6, 6.07) is 0. The van der Waals surface area contributed by atoms with Gasteiger partial charge in [-0.25, -0.2) is 5.01 Å². The van der Waals surface area contributed by atoms with Crippen molar-refractivity contribution in [1.29, 1.82) is 0 Å². The predicted octanol–water partition coefficient (Wildman–Crippen LogP) is 1.83. The lowest BCUT2D eigenvalue weighted by Crippen LogP contribution is -2.41. The quantitative estimate of drug-likeness (QED) is 0.609. The van der Waals surface area contributed by atoms with Gasteiger partial charge in [0.05, 0.1) is 11.4 Å². The van der Waals surface area contributed by atoms with Crippen LogP contribution in [0.3, 0.4) is 0 Å². The lowest BCUT2D eigenvalue weighted by Gasteiger charge is -2.16. The third kappa shape index (κ3) is 4.01. The summed E-state index contributed by atoms with van der Waals surface area (Å²) in [5, 5.41) is 12.4. The molecule has 0 saturated heterocycles. The number of hydrazone groups is 1. The molecule has 7 nitrogen and oxygen atoms in total. The Morgan fingerprint density at radius 3 is 2.62 bits per heavy atom. The van der Waals surface area contributed by atoms with Crippen LogP contribution in [-0.2, 0) is 16.0 Å². The van der Waals surface area contributed by atoms with Crippen molar-refractivity contribution in [2.45, 2.75) is 47.5 Å². The molecule has 1 aliphatic heterocycles. The van der Waals surface area contributed by atoms with Crippen LogP contribution >= 0.6 is 0 Å². The molecule has 0 spiro atoms. The van der Waals surface area contributed by atoms with Crippen molar-refractivity contribution >= 4 is 17.5 Å². The summed E-state index contributed by atoms with van der Waals surface area (Å²) < 4.78 is 5.12. The maximum Gasteiger partial charge on any atom is 0.261 e. The topological polar surface area (TPSA) is 87.8 Å². The monoisotopic (exact) mass is 334 g/mol. The minimum Gasteiger partial charge on any atom is -0.361 e. The first-order valence-electron chi connectivity index (χ1n) is 8.37. The van der Waals surface area contributed by atoms with E-state index < -0.39 is 5.92 Å². The second-order valence-corrected chi connectivity index (χ2v) is 6.69. The Bertz CT molecular complexity index is 629. The number of nitrogens with zero attached hydrogens (tertiary/aromatic N) is 3. The summed E-state index contributed by atoms with van der Waals surface area (Å²) in [6.07, 6.45) is 1.55. The maximum atomic E-state index is 12.3. The number of amides is 2. The van der Waals surface area contributed by atoms with Gasteiger partial charge >= 0.3 is 0 Å². The highest BCUT2D eigenvalue weighted by molar-refractivity contribution is 6.21. The zero-order chi connectivity index (χ0) is 17.9. The van der Waals surface area contributed by atoms with Gasteiger partial charge in [0.1, 0.15) is 5.76 Å². The molecule has 0 fully saturated rings. The molecule has 2 heterocycles. The molecule has 0 aromatic carbocycles. The van der Waals surface area contributed by atoms with Gasteiger partial charge in [-0.1, -0.05) is 19.0 Å². The molecule has 7 heteroatoms. The van der Waals surface area contributed by atoms with E-state index in [1.165, 1.54) is 5.01 Å². The number of carbonyl (C=O) groups excluding carboxylic acids is 2. The molecule has 1 aromatic rings. The number of hydrogen-bond acceptors (Lipinski definition) is 5. The van der Waals surface area contributed by atoms with Gasteiger partial charge in [-0.2, -0.15) is 5.10 Å². The number of hydrogen-bond donors (Lipinski definition) is 1. The minimum atomic E-state index is -0.789. The van der Waals surface area contributed by atoms with E-state index in [2.05, 4.69) is 15.6 Å². The van der Waals surface area contributed by atoms with E-state index in [1.807, 2.05) is 27.7 Å². The molecule has 132 valence electrons. The Hall–Kier alpha value is -2.18. The zero-order valence-corrected chi connectivity index (χ0v) is 15.0. The summed E-state index contributed by atoms with van der Waals surface area (Å²) in [7, 11) is 0. The molecule has 0 radical (unpaired) electrons. The molecule has 0 bridgehead atoms. The summed E-state index contributed by atoms with van der Waals surface area (Å²) in [5.74, 6) is -0.169. The molecular formula is C17H26N4O3. The molecule has 0 aliphatic carbocycles. The van der Waals surface area contributed by atoms with E-state index >= 15 is 0 Å². The van der Waals surface area contributed by atoms with E-state index in [1.54, 1.807) is 6.92 Å². The van der Waals surface area contributed by atoms with Crippen molar-refractivity contribution in [2.75, 3.05) is 13.1 Å². The van der Waals surface area contributed by atoms with E-state index in [0.717, 1.165) is 29.9 Å². The van der Waals surface area contributed by atoms with Crippen LogP contribution in [0.2, 0.25) is 0 Å². The van der Waals surface area contributed by atoms with Crippen LogP contribution in [0, 0.1) is 25.7 Å². The van der Waals surface area contributed by atoms with Crippen LogP contribution in [0.5, 0.6) is 0 Å².